The highest BCUT2D eigenvalue weighted by Crippen LogP contribution is 2.18. The number of rotatable bonds is 6. The number of hydrogen-bond donors (Lipinski definition) is 0. The summed E-state index contributed by atoms with van der Waals surface area (Å²) in [5.74, 6) is 0.247. The van der Waals surface area contributed by atoms with E-state index in [0.717, 1.165) is 51.3 Å². The molecule has 0 bridgehead atoms. The maximum atomic E-state index is 12.3. The van der Waals surface area contributed by atoms with Gasteiger partial charge in [-0.2, -0.15) is 0 Å². The third-order valence-electron chi connectivity index (χ3n) is 5.05. The second-order valence-corrected chi connectivity index (χ2v) is 6.61. The number of amides is 1. The van der Waals surface area contributed by atoms with Crippen LogP contribution >= 0.6 is 0 Å². The highest BCUT2D eigenvalue weighted by atomic mass is 16.2. The van der Waals surface area contributed by atoms with E-state index in [9.17, 15) is 4.79 Å². The molecule has 2 aromatic rings. The summed E-state index contributed by atoms with van der Waals surface area (Å²) in [4.78, 5) is 23.5. The molecule has 2 heterocycles. The lowest BCUT2D eigenvalue weighted by molar-refractivity contribution is -0.132. The predicted octanol–water partition coefficient (Wildman–Crippen LogP) is 2.22. The summed E-state index contributed by atoms with van der Waals surface area (Å²) in [6, 6.07) is 10.5. The summed E-state index contributed by atoms with van der Waals surface area (Å²) in [7, 11) is 0. The molecule has 3 rings (SSSR count). The van der Waals surface area contributed by atoms with Crippen LogP contribution < -0.4 is 0 Å². The van der Waals surface area contributed by atoms with Crippen molar-refractivity contribution in [3.63, 3.8) is 0 Å². The highest BCUT2D eigenvalue weighted by Gasteiger charge is 2.21. The fraction of sp³-hybridized carbons (Fsp3) is 0.500. The van der Waals surface area contributed by atoms with Crippen LogP contribution in [-0.2, 0) is 11.3 Å². The number of pyridine rings is 1. The van der Waals surface area contributed by atoms with Gasteiger partial charge < -0.3 is 4.90 Å². The van der Waals surface area contributed by atoms with E-state index in [-0.39, 0.29) is 5.91 Å². The SMILES string of the molecule is CCN(CC)C(=O)CN1CCN(Cc2cccc3cccnc23)CC1. The van der Waals surface area contributed by atoms with Crippen LogP contribution in [0.5, 0.6) is 0 Å². The van der Waals surface area contributed by atoms with Crippen LogP contribution in [0.3, 0.4) is 0 Å². The van der Waals surface area contributed by atoms with Gasteiger partial charge in [-0.1, -0.05) is 24.3 Å². The van der Waals surface area contributed by atoms with Crippen molar-refractivity contribution in [1.29, 1.82) is 0 Å². The Bertz CT molecular complexity index is 700. The summed E-state index contributed by atoms with van der Waals surface area (Å²) < 4.78 is 0. The van der Waals surface area contributed by atoms with Crippen molar-refractivity contribution in [1.82, 2.24) is 19.7 Å². The molecular weight excluding hydrogens is 312 g/mol. The molecule has 1 aliphatic rings. The molecule has 0 N–H and O–H groups in total. The van der Waals surface area contributed by atoms with Gasteiger partial charge in [0.25, 0.3) is 0 Å². The Morgan fingerprint density at radius 1 is 1.04 bits per heavy atom. The predicted molar refractivity (Wildman–Crippen MR) is 101 cm³/mol. The molecule has 5 heteroatoms. The van der Waals surface area contributed by atoms with E-state index >= 15 is 0 Å². The summed E-state index contributed by atoms with van der Waals surface area (Å²) >= 11 is 0. The Morgan fingerprint density at radius 3 is 2.44 bits per heavy atom. The molecule has 0 atom stereocenters. The van der Waals surface area contributed by atoms with Crippen LogP contribution in [0.2, 0.25) is 0 Å². The summed E-state index contributed by atoms with van der Waals surface area (Å²) in [5, 5.41) is 1.20. The molecule has 0 radical (unpaired) electrons. The average molecular weight is 340 g/mol. The van der Waals surface area contributed by atoms with Crippen molar-refractivity contribution >= 4 is 16.8 Å². The number of likely N-dealkylation sites (N-methyl/N-ethyl adjacent to an activating group) is 1. The van der Waals surface area contributed by atoms with E-state index in [2.05, 4.69) is 39.0 Å². The first-order valence-corrected chi connectivity index (χ1v) is 9.26. The number of fused-ring (bicyclic) bond motifs is 1. The van der Waals surface area contributed by atoms with Crippen molar-refractivity contribution in [3.8, 4) is 0 Å². The molecule has 0 aliphatic carbocycles. The third-order valence-corrected chi connectivity index (χ3v) is 5.05. The third kappa shape index (κ3) is 4.35. The fourth-order valence-corrected chi connectivity index (χ4v) is 3.51. The summed E-state index contributed by atoms with van der Waals surface area (Å²) in [5.41, 5.74) is 2.38. The number of benzene rings is 1. The van der Waals surface area contributed by atoms with Gasteiger partial charge in [-0.15, -0.1) is 0 Å². The van der Waals surface area contributed by atoms with Gasteiger partial charge in [0.05, 0.1) is 12.1 Å². The first kappa shape index (κ1) is 17.8. The topological polar surface area (TPSA) is 39.7 Å². The normalized spacial score (nSPS) is 16.2. The quantitative estimate of drug-likeness (QED) is 0.808. The molecule has 1 aromatic heterocycles. The maximum Gasteiger partial charge on any atom is 0.236 e. The van der Waals surface area contributed by atoms with Crippen molar-refractivity contribution < 1.29 is 4.79 Å². The number of carbonyl (C=O) groups is 1. The lowest BCUT2D eigenvalue weighted by atomic mass is 10.1. The van der Waals surface area contributed by atoms with E-state index < -0.39 is 0 Å². The number of para-hydroxylation sites is 1. The molecule has 25 heavy (non-hydrogen) atoms. The molecule has 1 aliphatic heterocycles. The van der Waals surface area contributed by atoms with Crippen LogP contribution in [0.25, 0.3) is 10.9 Å². The summed E-state index contributed by atoms with van der Waals surface area (Å²) in [6.07, 6.45) is 1.86. The molecule has 1 aromatic carbocycles. The number of nitrogens with zero attached hydrogens (tertiary/aromatic N) is 4. The Hall–Kier alpha value is -1.98. The van der Waals surface area contributed by atoms with E-state index in [0.29, 0.717) is 6.54 Å². The average Bonchev–Trinajstić information content (AvgIpc) is 2.65. The number of piperazine rings is 1. The van der Waals surface area contributed by atoms with E-state index in [4.69, 9.17) is 0 Å². The van der Waals surface area contributed by atoms with Gasteiger partial charge >= 0.3 is 0 Å². The number of aromatic nitrogens is 1. The zero-order valence-electron chi connectivity index (χ0n) is 15.3. The minimum Gasteiger partial charge on any atom is -0.342 e. The van der Waals surface area contributed by atoms with Crippen LogP contribution in [0, 0.1) is 0 Å². The van der Waals surface area contributed by atoms with Gasteiger partial charge in [-0.05, 0) is 25.5 Å². The maximum absolute atomic E-state index is 12.3. The molecule has 0 spiro atoms. The molecule has 1 fully saturated rings. The van der Waals surface area contributed by atoms with Crippen LogP contribution in [0.4, 0.5) is 0 Å². The Morgan fingerprint density at radius 2 is 1.72 bits per heavy atom. The fourth-order valence-electron chi connectivity index (χ4n) is 3.51. The molecule has 1 saturated heterocycles. The van der Waals surface area contributed by atoms with Crippen LogP contribution in [-0.4, -0.2) is 71.4 Å². The van der Waals surface area contributed by atoms with Gasteiger partial charge in [0.15, 0.2) is 0 Å². The van der Waals surface area contributed by atoms with Crippen molar-refractivity contribution in [2.45, 2.75) is 20.4 Å². The van der Waals surface area contributed by atoms with Gasteiger partial charge in [0.1, 0.15) is 0 Å². The minimum atomic E-state index is 0.247. The zero-order valence-corrected chi connectivity index (χ0v) is 15.3. The molecule has 0 saturated carbocycles. The monoisotopic (exact) mass is 340 g/mol. The smallest absolute Gasteiger partial charge is 0.236 e. The zero-order chi connectivity index (χ0) is 17.6. The molecule has 0 unspecified atom stereocenters. The van der Waals surface area contributed by atoms with E-state index in [1.54, 1.807) is 0 Å². The van der Waals surface area contributed by atoms with Crippen molar-refractivity contribution in [2.75, 3.05) is 45.8 Å². The van der Waals surface area contributed by atoms with Crippen molar-refractivity contribution in [2.24, 2.45) is 0 Å². The largest absolute Gasteiger partial charge is 0.342 e. The van der Waals surface area contributed by atoms with E-state index in [1.807, 2.05) is 31.0 Å². The standard InChI is InChI=1S/C20H28N4O/c1-3-24(4-2)19(25)16-23-13-11-22(12-14-23)15-18-8-5-7-17-9-6-10-21-20(17)18/h5-10H,3-4,11-16H2,1-2H3. The Kier molecular flexibility index (Phi) is 6.00. The van der Waals surface area contributed by atoms with Gasteiger partial charge in [-0.25, -0.2) is 0 Å². The number of hydrogen-bond acceptors (Lipinski definition) is 4. The van der Waals surface area contributed by atoms with Gasteiger partial charge in [0, 0.05) is 57.4 Å². The second kappa shape index (κ2) is 8.41. The molecule has 134 valence electrons. The molecule has 1 amide bonds. The molecule has 5 nitrogen and oxygen atoms in total. The van der Waals surface area contributed by atoms with Crippen LogP contribution in [0.1, 0.15) is 19.4 Å². The lowest BCUT2D eigenvalue weighted by Crippen LogP contribution is -2.49. The minimum absolute atomic E-state index is 0.247. The van der Waals surface area contributed by atoms with Crippen LogP contribution in [0.15, 0.2) is 36.5 Å². The van der Waals surface area contributed by atoms with Crippen molar-refractivity contribution in [3.05, 3.63) is 42.1 Å². The second-order valence-electron chi connectivity index (χ2n) is 6.61. The first-order chi connectivity index (χ1) is 12.2. The Balaban J connectivity index is 1.55. The summed E-state index contributed by atoms with van der Waals surface area (Å²) in [6.45, 7) is 11.0. The lowest BCUT2D eigenvalue weighted by Gasteiger charge is -2.35. The highest BCUT2D eigenvalue weighted by molar-refractivity contribution is 5.81. The first-order valence-electron chi connectivity index (χ1n) is 9.26. The Labute approximate surface area is 150 Å². The molecular formula is C20H28N4O. The van der Waals surface area contributed by atoms with Gasteiger partial charge in [0.2, 0.25) is 5.91 Å². The number of carbonyl (C=O) groups excluding carboxylic acids is 1. The van der Waals surface area contributed by atoms with Gasteiger partial charge in [-0.3, -0.25) is 19.6 Å². The van der Waals surface area contributed by atoms with E-state index in [1.165, 1.54) is 10.9 Å².